The Balaban J connectivity index is 0.00000210. The number of imidazole rings is 1. The van der Waals surface area contributed by atoms with Gasteiger partial charge in [-0.2, -0.15) is 9.97 Å². The van der Waals surface area contributed by atoms with Gasteiger partial charge in [0.2, 0.25) is 11.9 Å². The Kier molecular flexibility index (Phi) is 5.16. The number of nitrogens with zero attached hydrogens (tertiary/aromatic N) is 3. The molecule has 0 amide bonds. The molecule has 0 saturated carbocycles. The zero-order chi connectivity index (χ0) is 17.9. The second kappa shape index (κ2) is 7.69. The zero-order valence-electron chi connectivity index (χ0n) is 13.8. The van der Waals surface area contributed by atoms with E-state index >= 15 is 0 Å². The second-order valence-corrected chi connectivity index (χ2v) is 5.47. The first-order chi connectivity index (χ1) is 12.7. The summed E-state index contributed by atoms with van der Waals surface area (Å²) in [6.45, 7) is 0. The highest BCUT2D eigenvalue weighted by atomic mass is 19.1. The minimum Gasteiger partial charge on any atom is -0.497 e. The Morgan fingerprint density at radius 2 is 1.78 bits per heavy atom. The minimum absolute atomic E-state index is 0. The average molecular weight is 366 g/mol. The molecule has 0 aliphatic rings. The van der Waals surface area contributed by atoms with Crippen molar-refractivity contribution in [3.8, 4) is 5.75 Å². The highest BCUT2D eigenvalue weighted by Gasteiger charge is 2.08. The van der Waals surface area contributed by atoms with Gasteiger partial charge in [0.05, 0.1) is 19.0 Å². The van der Waals surface area contributed by atoms with Crippen LogP contribution in [-0.2, 0) is 0 Å². The summed E-state index contributed by atoms with van der Waals surface area (Å²) in [5.74, 6) is 1.21. The number of fused-ring (bicyclic) bond motifs is 1. The summed E-state index contributed by atoms with van der Waals surface area (Å²) in [5.41, 5.74) is 2.26. The lowest BCUT2D eigenvalue weighted by atomic mass is 10.3. The van der Waals surface area contributed by atoms with E-state index in [2.05, 4.69) is 30.6 Å². The molecule has 27 heavy (non-hydrogen) atoms. The zero-order valence-corrected chi connectivity index (χ0v) is 13.8. The number of rotatable bonds is 5. The monoisotopic (exact) mass is 366 g/mol. The van der Waals surface area contributed by atoms with E-state index in [1.54, 1.807) is 31.5 Å². The molecule has 4 aromatic rings. The molecule has 8 heteroatoms. The van der Waals surface area contributed by atoms with Crippen LogP contribution in [0.4, 0.5) is 27.7 Å². The van der Waals surface area contributed by atoms with Crippen molar-refractivity contribution in [2.24, 2.45) is 0 Å². The SMILES string of the molecule is C.COc1ccc(Nc2ncc3[nH]c(Nc4ccccc4F)nc3n2)cc1. The third kappa shape index (κ3) is 3.95. The average Bonchev–Trinajstić information content (AvgIpc) is 3.06. The molecule has 7 nitrogen and oxygen atoms in total. The number of para-hydroxylation sites is 1. The molecule has 0 bridgehead atoms. The number of methoxy groups -OCH3 is 1. The number of aromatic amines is 1. The number of hydrogen-bond donors (Lipinski definition) is 3. The Morgan fingerprint density at radius 1 is 1.00 bits per heavy atom. The van der Waals surface area contributed by atoms with E-state index in [1.807, 2.05) is 24.3 Å². The number of ether oxygens (including phenoxy) is 1. The number of aromatic nitrogens is 4. The number of anilines is 4. The van der Waals surface area contributed by atoms with Gasteiger partial charge in [-0.3, -0.25) is 0 Å². The van der Waals surface area contributed by atoms with E-state index < -0.39 is 0 Å². The number of nitrogens with one attached hydrogen (secondary N) is 3. The first-order valence-electron chi connectivity index (χ1n) is 7.86. The van der Waals surface area contributed by atoms with Crippen molar-refractivity contribution >= 4 is 34.4 Å². The largest absolute Gasteiger partial charge is 0.497 e. The lowest BCUT2D eigenvalue weighted by Crippen LogP contribution is -1.97. The maximum atomic E-state index is 13.7. The van der Waals surface area contributed by atoms with Gasteiger partial charge in [-0.1, -0.05) is 19.6 Å². The summed E-state index contributed by atoms with van der Waals surface area (Å²) < 4.78 is 18.9. The molecule has 0 unspecified atom stereocenters. The van der Waals surface area contributed by atoms with Crippen molar-refractivity contribution in [2.75, 3.05) is 17.7 Å². The van der Waals surface area contributed by atoms with Gasteiger partial charge in [0.1, 0.15) is 17.1 Å². The molecule has 2 heterocycles. The molecule has 2 aromatic carbocycles. The van der Waals surface area contributed by atoms with Gasteiger partial charge >= 0.3 is 0 Å². The predicted octanol–water partition coefficient (Wildman–Crippen LogP) is 4.62. The van der Waals surface area contributed by atoms with Crippen molar-refractivity contribution in [1.29, 1.82) is 0 Å². The number of halogens is 1. The smallest absolute Gasteiger partial charge is 0.229 e. The van der Waals surface area contributed by atoms with Crippen LogP contribution in [0.5, 0.6) is 5.75 Å². The van der Waals surface area contributed by atoms with E-state index in [-0.39, 0.29) is 13.2 Å². The maximum Gasteiger partial charge on any atom is 0.229 e. The normalized spacial score (nSPS) is 10.3. The van der Waals surface area contributed by atoms with Crippen LogP contribution in [0.2, 0.25) is 0 Å². The highest BCUT2D eigenvalue weighted by Crippen LogP contribution is 2.21. The topological polar surface area (TPSA) is 87.8 Å². The van der Waals surface area contributed by atoms with E-state index in [0.29, 0.717) is 28.7 Å². The summed E-state index contributed by atoms with van der Waals surface area (Å²) >= 11 is 0. The Bertz CT molecular complexity index is 1050. The van der Waals surface area contributed by atoms with Crippen LogP contribution < -0.4 is 15.4 Å². The Labute approximate surface area is 155 Å². The molecule has 0 saturated heterocycles. The van der Waals surface area contributed by atoms with Crippen molar-refractivity contribution in [3.63, 3.8) is 0 Å². The van der Waals surface area contributed by atoms with Gasteiger partial charge in [0.25, 0.3) is 0 Å². The van der Waals surface area contributed by atoms with Crippen LogP contribution in [0.25, 0.3) is 11.2 Å². The molecule has 0 spiro atoms. The molecule has 0 radical (unpaired) electrons. The summed E-state index contributed by atoms with van der Waals surface area (Å²) in [7, 11) is 1.62. The van der Waals surface area contributed by atoms with Gasteiger partial charge in [-0.05, 0) is 36.4 Å². The van der Waals surface area contributed by atoms with Crippen molar-refractivity contribution in [1.82, 2.24) is 19.9 Å². The summed E-state index contributed by atoms with van der Waals surface area (Å²) in [6, 6.07) is 13.8. The molecule has 4 rings (SSSR count). The van der Waals surface area contributed by atoms with E-state index in [9.17, 15) is 4.39 Å². The quantitative estimate of drug-likeness (QED) is 0.477. The molecule has 0 fully saturated rings. The number of H-pyrrole nitrogens is 1. The van der Waals surface area contributed by atoms with Gasteiger partial charge in [-0.25, -0.2) is 9.37 Å². The molecule has 138 valence electrons. The third-order valence-corrected chi connectivity index (χ3v) is 3.71. The Morgan fingerprint density at radius 3 is 2.52 bits per heavy atom. The fraction of sp³-hybridized carbons (Fsp3) is 0.105. The molecule has 0 atom stereocenters. The highest BCUT2D eigenvalue weighted by molar-refractivity contribution is 5.75. The van der Waals surface area contributed by atoms with Gasteiger partial charge in [-0.15, -0.1) is 0 Å². The summed E-state index contributed by atoms with van der Waals surface area (Å²) in [6.07, 6.45) is 1.62. The molecular formula is C19H19FN6O. The van der Waals surface area contributed by atoms with Crippen LogP contribution >= 0.6 is 0 Å². The fourth-order valence-corrected chi connectivity index (χ4v) is 2.42. The van der Waals surface area contributed by atoms with Crippen molar-refractivity contribution < 1.29 is 9.13 Å². The lowest BCUT2D eigenvalue weighted by Gasteiger charge is -2.05. The molecule has 0 aliphatic heterocycles. The predicted molar refractivity (Wildman–Crippen MR) is 104 cm³/mol. The first-order valence-corrected chi connectivity index (χ1v) is 7.86. The Hall–Kier alpha value is -3.68. The minimum atomic E-state index is -0.360. The summed E-state index contributed by atoms with van der Waals surface area (Å²) in [5, 5.41) is 6.00. The van der Waals surface area contributed by atoms with Crippen LogP contribution in [0.3, 0.4) is 0 Å². The molecule has 0 aliphatic carbocycles. The first kappa shape index (κ1) is 18.1. The fourth-order valence-electron chi connectivity index (χ4n) is 2.42. The van der Waals surface area contributed by atoms with Gasteiger partial charge in [0.15, 0.2) is 5.65 Å². The second-order valence-electron chi connectivity index (χ2n) is 5.47. The van der Waals surface area contributed by atoms with Crippen LogP contribution in [0.1, 0.15) is 7.43 Å². The lowest BCUT2D eigenvalue weighted by molar-refractivity contribution is 0.415. The van der Waals surface area contributed by atoms with E-state index in [1.165, 1.54) is 6.07 Å². The van der Waals surface area contributed by atoms with E-state index in [0.717, 1.165) is 11.4 Å². The van der Waals surface area contributed by atoms with Gasteiger partial charge < -0.3 is 20.4 Å². The number of benzene rings is 2. The summed E-state index contributed by atoms with van der Waals surface area (Å²) in [4.78, 5) is 16.0. The van der Waals surface area contributed by atoms with Gasteiger partial charge in [0, 0.05) is 5.69 Å². The van der Waals surface area contributed by atoms with E-state index in [4.69, 9.17) is 4.74 Å². The van der Waals surface area contributed by atoms with Crippen molar-refractivity contribution in [2.45, 2.75) is 7.43 Å². The molecular weight excluding hydrogens is 347 g/mol. The number of hydrogen-bond acceptors (Lipinski definition) is 6. The standard InChI is InChI=1S/C18H15FN6O.CH4/c1-26-12-8-6-11(7-9-12)21-17-20-10-15-16(24-17)25-18(23-15)22-14-5-3-2-4-13(14)19;/h2-10H,1H3,(H3,20,21,22,23,24,25);1H4. The molecule has 3 N–H and O–H groups in total. The third-order valence-electron chi connectivity index (χ3n) is 3.71. The van der Waals surface area contributed by atoms with Crippen LogP contribution in [-0.4, -0.2) is 27.0 Å². The van der Waals surface area contributed by atoms with Crippen LogP contribution in [0.15, 0.2) is 54.7 Å². The van der Waals surface area contributed by atoms with Crippen molar-refractivity contribution in [3.05, 3.63) is 60.5 Å². The maximum absolute atomic E-state index is 13.7. The molecule has 2 aromatic heterocycles. The van der Waals surface area contributed by atoms with Crippen LogP contribution in [0, 0.1) is 5.82 Å².